The molecular weight excluding hydrogens is 357 g/mol. The quantitative estimate of drug-likeness (QED) is 0.303. The molecule has 1 aromatic carbocycles. The zero-order chi connectivity index (χ0) is 18.5. The Bertz CT molecular complexity index is 648. The molecule has 1 N–H and O–H groups in total. The lowest BCUT2D eigenvalue weighted by atomic mass is 10.1. The molecule has 8 nitrogen and oxygen atoms in total. The van der Waals surface area contributed by atoms with Crippen LogP contribution in [0.15, 0.2) is 24.3 Å². The second-order valence-corrected chi connectivity index (χ2v) is 11.0. The van der Waals surface area contributed by atoms with E-state index in [2.05, 4.69) is 0 Å². The van der Waals surface area contributed by atoms with Gasteiger partial charge in [0.05, 0.1) is 28.1 Å². The summed E-state index contributed by atoms with van der Waals surface area (Å²) in [6.45, 7) is 3.37. The fraction of sp³-hybridized carbons (Fsp3) is 0.571. The molecule has 136 valence electrons. The van der Waals surface area contributed by atoms with Crippen molar-refractivity contribution in [1.82, 2.24) is 0 Å². The van der Waals surface area contributed by atoms with Crippen molar-refractivity contribution in [2.75, 3.05) is 25.7 Å². The van der Waals surface area contributed by atoms with Crippen molar-refractivity contribution >= 4 is 23.2 Å². The summed E-state index contributed by atoms with van der Waals surface area (Å²) in [4.78, 5) is 8.86. The van der Waals surface area contributed by atoms with Crippen LogP contribution in [0.25, 0.3) is 0 Å². The first-order chi connectivity index (χ1) is 11.1. The molecule has 0 aliphatic rings. The van der Waals surface area contributed by atoms with Crippen LogP contribution in [-0.2, 0) is 27.8 Å². The van der Waals surface area contributed by atoms with E-state index in [1.165, 1.54) is 36.8 Å². The maximum Gasteiger partial charge on any atom is 0.385 e. The second-order valence-electron chi connectivity index (χ2n) is 5.37. The number of nitro benzene ring substituents is 1. The predicted octanol–water partition coefficient (Wildman–Crippen LogP) is 2.98. The van der Waals surface area contributed by atoms with E-state index in [1.807, 2.05) is 0 Å². The molecule has 1 rings (SSSR count). The molecule has 0 aliphatic carbocycles. The Hall–Kier alpha value is -1.12. The van der Waals surface area contributed by atoms with Crippen LogP contribution in [-0.4, -0.2) is 40.7 Å². The number of rotatable bonds is 9. The van der Waals surface area contributed by atoms with Gasteiger partial charge < -0.3 is 14.2 Å². The van der Waals surface area contributed by atoms with E-state index in [9.17, 15) is 24.0 Å². The third-order valence-electron chi connectivity index (χ3n) is 3.23. The number of aliphatic hydroxyl groups excluding tert-OH is 1. The smallest absolute Gasteiger partial charge is 0.382 e. The number of aliphatic hydroxyl groups is 1. The summed E-state index contributed by atoms with van der Waals surface area (Å²) in [5.74, 6) is 0. The number of nitro groups is 1. The molecule has 0 radical (unpaired) electrons. The highest BCUT2D eigenvalue weighted by atomic mass is 32.2. The molecule has 0 spiro atoms. The highest BCUT2D eigenvalue weighted by Gasteiger charge is 2.53. The van der Waals surface area contributed by atoms with Crippen molar-refractivity contribution in [1.29, 1.82) is 0 Å². The first-order valence-corrected chi connectivity index (χ1v) is 11.4. The lowest BCUT2D eigenvalue weighted by molar-refractivity contribution is -0.384. The van der Waals surface area contributed by atoms with Crippen molar-refractivity contribution < 1.29 is 27.9 Å². The monoisotopic (exact) mass is 380 g/mol. The van der Waals surface area contributed by atoms with E-state index in [0.717, 1.165) is 0 Å². The Balaban J connectivity index is 3.32. The minimum atomic E-state index is -3.86. The molecule has 0 aromatic heterocycles. The molecule has 0 bridgehead atoms. The Morgan fingerprint density at radius 1 is 1.21 bits per heavy atom. The van der Waals surface area contributed by atoms with Crippen LogP contribution in [0.1, 0.15) is 25.5 Å². The van der Waals surface area contributed by atoms with Crippen molar-refractivity contribution in [2.45, 2.75) is 24.9 Å². The highest BCUT2D eigenvalue weighted by molar-refractivity contribution is 8.07. The molecule has 10 heteroatoms. The van der Waals surface area contributed by atoms with Crippen LogP contribution in [0, 0.1) is 10.1 Å². The van der Waals surface area contributed by atoms with Gasteiger partial charge in [0.15, 0.2) is 0 Å². The average Bonchev–Trinajstić information content (AvgIpc) is 2.46. The van der Waals surface area contributed by atoms with Crippen LogP contribution in [0.2, 0.25) is 0 Å². The summed E-state index contributed by atoms with van der Waals surface area (Å²) >= 11 is 0. The SMILES string of the molecule is CCOP(=O)(OCC)C(C(O)c1ccc([N+](=O)[O-])cc1)[S+](C)(C)=O. The predicted molar refractivity (Wildman–Crippen MR) is 92.6 cm³/mol. The summed E-state index contributed by atoms with van der Waals surface area (Å²) < 4.78 is 36.2. The van der Waals surface area contributed by atoms with E-state index >= 15 is 0 Å². The van der Waals surface area contributed by atoms with E-state index in [0.29, 0.717) is 0 Å². The Morgan fingerprint density at radius 3 is 2.00 bits per heavy atom. The average molecular weight is 380 g/mol. The maximum atomic E-state index is 13.1. The summed E-state index contributed by atoms with van der Waals surface area (Å²) in [5, 5.41) is 21.4. The third kappa shape index (κ3) is 4.94. The van der Waals surface area contributed by atoms with Gasteiger partial charge in [0.1, 0.15) is 18.6 Å². The zero-order valence-electron chi connectivity index (χ0n) is 14.1. The largest absolute Gasteiger partial charge is 0.385 e. The number of benzene rings is 1. The topological polar surface area (TPSA) is 116 Å². The molecule has 24 heavy (non-hydrogen) atoms. The van der Waals surface area contributed by atoms with Crippen LogP contribution in [0.4, 0.5) is 5.69 Å². The number of nitrogens with zero attached hydrogens (tertiary/aromatic N) is 1. The fourth-order valence-electron chi connectivity index (χ4n) is 2.30. The lowest BCUT2D eigenvalue weighted by Gasteiger charge is -2.28. The van der Waals surface area contributed by atoms with Crippen molar-refractivity contribution in [3.8, 4) is 0 Å². The minimum absolute atomic E-state index is 0.0658. The molecule has 0 fully saturated rings. The van der Waals surface area contributed by atoms with E-state index in [4.69, 9.17) is 9.05 Å². The Morgan fingerprint density at radius 2 is 1.67 bits per heavy atom. The van der Waals surface area contributed by atoms with Crippen molar-refractivity contribution in [3.63, 3.8) is 0 Å². The van der Waals surface area contributed by atoms with Gasteiger partial charge in [0.2, 0.25) is 0 Å². The standard InChI is InChI=1S/C14H23NO7PS/c1-5-21-23(19,22-6-2)14(24(3,4)20)13(16)11-7-9-12(10-8-11)15(17)18/h7-10,13-14,16H,5-6H2,1-4H3/q+1. The van der Waals surface area contributed by atoms with E-state index in [-0.39, 0.29) is 24.5 Å². The van der Waals surface area contributed by atoms with Gasteiger partial charge in [0, 0.05) is 12.1 Å². The van der Waals surface area contributed by atoms with Gasteiger partial charge >= 0.3 is 7.60 Å². The normalized spacial score (nSPS) is 15.0. The summed E-state index contributed by atoms with van der Waals surface area (Å²) in [5.41, 5.74) is 0.107. The minimum Gasteiger partial charge on any atom is -0.382 e. The summed E-state index contributed by atoms with van der Waals surface area (Å²) in [7, 11) is -6.65. The lowest BCUT2D eigenvalue weighted by Crippen LogP contribution is -2.33. The Kier molecular flexibility index (Phi) is 7.25. The molecule has 0 saturated carbocycles. The van der Waals surface area contributed by atoms with Crippen LogP contribution in [0.5, 0.6) is 0 Å². The van der Waals surface area contributed by atoms with Gasteiger partial charge in [-0.05, 0) is 31.5 Å². The Labute approximate surface area is 142 Å². The fourth-order valence-corrected chi connectivity index (χ4v) is 7.53. The molecule has 0 saturated heterocycles. The summed E-state index contributed by atoms with van der Waals surface area (Å²) in [6, 6.07) is 5.11. The van der Waals surface area contributed by atoms with Crippen LogP contribution in [0.3, 0.4) is 0 Å². The molecule has 0 heterocycles. The van der Waals surface area contributed by atoms with Gasteiger partial charge in [0.25, 0.3) is 10.7 Å². The second kappa shape index (κ2) is 8.31. The van der Waals surface area contributed by atoms with Gasteiger partial charge in [-0.3, -0.25) is 14.7 Å². The zero-order valence-corrected chi connectivity index (χ0v) is 15.8. The molecule has 0 amide bonds. The van der Waals surface area contributed by atoms with Crippen molar-refractivity contribution in [2.24, 2.45) is 0 Å². The molecule has 1 aromatic rings. The first kappa shape index (κ1) is 20.9. The molecule has 2 atom stereocenters. The highest BCUT2D eigenvalue weighted by Crippen LogP contribution is 2.59. The molecule has 2 unspecified atom stereocenters. The summed E-state index contributed by atoms with van der Waals surface area (Å²) in [6.07, 6.45) is 1.32. The molecular formula is C14H23NO7PS+. The van der Waals surface area contributed by atoms with Crippen LogP contribution < -0.4 is 0 Å². The van der Waals surface area contributed by atoms with Gasteiger partial charge in [-0.25, -0.2) is 0 Å². The number of non-ortho nitro benzene ring substituents is 1. The van der Waals surface area contributed by atoms with Crippen molar-refractivity contribution in [3.05, 3.63) is 39.9 Å². The number of hydrogen-bond acceptors (Lipinski definition) is 7. The van der Waals surface area contributed by atoms with Gasteiger partial charge in [-0.2, -0.15) is 0 Å². The maximum absolute atomic E-state index is 13.1. The van der Waals surface area contributed by atoms with Crippen LogP contribution >= 0.6 is 7.60 Å². The third-order valence-corrected chi connectivity index (χ3v) is 9.09. The molecule has 0 aliphatic heterocycles. The van der Waals surface area contributed by atoms with E-state index in [1.54, 1.807) is 13.8 Å². The first-order valence-electron chi connectivity index (χ1n) is 7.31. The number of hydrogen-bond donors (Lipinski definition) is 1. The van der Waals surface area contributed by atoms with Gasteiger partial charge in [-0.15, -0.1) is 4.21 Å². The van der Waals surface area contributed by atoms with E-state index < -0.39 is 33.5 Å². The van der Waals surface area contributed by atoms with Gasteiger partial charge in [-0.1, -0.05) is 0 Å².